The molecular formula is C20H16F6N4O5. The number of carboxylic acids is 2. The zero-order chi connectivity index (χ0) is 26.8. The summed E-state index contributed by atoms with van der Waals surface area (Å²) in [6.07, 6.45) is -5.13. The molecule has 0 atom stereocenters. The predicted molar refractivity (Wildman–Crippen MR) is 108 cm³/mol. The number of carbonyl (C=O) groups is 3. The Morgan fingerprint density at radius 1 is 0.886 bits per heavy atom. The van der Waals surface area contributed by atoms with Gasteiger partial charge < -0.3 is 20.5 Å². The second-order valence-corrected chi connectivity index (χ2v) is 6.23. The average molecular weight is 506 g/mol. The molecule has 0 bridgehead atoms. The first-order valence-corrected chi connectivity index (χ1v) is 9.06. The summed E-state index contributed by atoms with van der Waals surface area (Å²) in [5.41, 5.74) is 2.90. The van der Waals surface area contributed by atoms with Crippen molar-refractivity contribution in [1.82, 2.24) is 15.0 Å². The lowest BCUT2D eigenvalue weighted by atomic mass is 10.1. The van der Waals surface area contributed by atoms with Crippen molar-refractivity contribution >= 4 is 23.5 Å². The Labute approximate surface area is 192 Å². The molecule has 0 fully saturated rings. The summed E-state index contributed by atoms with van der Waals surface area (Å²) in [5, 5.41) is 17.1. The first-order valence-electron chi connectivity index (χ1n) is 9.06. The summed E-state index contributed by atoms with van der Waals surface area (Å²) in [5.74, 6) is -5.03. The van der Waals surface area contributed by atoms with E-state index in [0.29, 0.717) is 17.1 Å². The van der Waals surface area contributed by atoms with Crippen LogP contribution < -0.4 is 5.32 Å². The van der Waals surface area contributed by atoms with Crippen LogP contribution in [0.3, 0.4) is 0 Å². The monoisotopic (exact) mass is 506 g/mol. The van der Waals surface area contributed by atoms with E-state index in [-0.39, 0.29) is 5.91 Å². The van der Waals surface area contributed by atoms with Gasteiger partial charge in [0.05, 0.1) is 17.4 Å². The van der Waals surface area contributed by atoms with Crippen LogP contribution in [-0.2, 0) is 9.59 Å². The third kappa shape index (κ3) is 9.93. The van der Waals surface area contributed by atoms with E-state index in [9.17, 15) is 31.1 Å². The van der Waals surface area contributed by atoms with Gasteiger partial charge in [0.25, 0.3) is 5.91 Å². The van der Waals surface area contributed by atoms with Gasteiger partial charge in [0.15, 0.2) is 0 Å². The molecular weight excluding hydrogens is 490 g/mol. The fraction of sp³-hybridized carbons (Fsp3) is 0.150. The predicted octanol–water partition coefficient (Wildman–Crippen LogP) is 4.30. The molecule has 15 heteroatoms. The molecule has 3 aromatic rings. The molecule has 0 aliphatic heterocycles. The molecule has 0 aliphatic rings. The number of aromatic nitrogens is 3. The van der Waals surface area contributed by atoms with E-state index in [2.05, 4.69) is 20.3 Å². The van der Waals surface area contributed by atoms with Gasteiger partial charge in [-0.25, -0.2) is 14.6 Å². The minimum atomic E-state index is -5.08. The van der Waals surface area contributed by atoms with Crippen molar-refractivity contribution in [3.8, 4) is 11.4 Å². The minimum Gasteiger partial charge on any atom is -0.475 e. The van der Waals surface area contributed by atoms with Crippen molar-refractivity contribution in [2.24, 2.45) is 0 Å². The van der Waals surface area contributed by atoms with Crippen molar-refractivity contribution in [1.29, 1.82) is 0 Å². The lowest BCUT2D eigenvalue weighted by molar-refractivity contribution is -0.193. The zero-order valence-corrected chi connectivity index (χ0v) is 17.5. The lowest BCUT2D eigenvalue weighted by Crippen LogP contribution is -2.21. The van der Waals surface area contributed by atoms with E-state index in [1.165, 1.54) is 0 Å². The number of alkyl halides is 6. The molecule has 0 unspecified atom stereocenters. The SMILES string of the molecule is Cc1ccc(NC(=O)c2ccccc2-c2ncc[nH]2)cn1.O=C(O)C(F)(F)F.O=C(O)C(F)(F)F. The highest BCUT2D eigenvalue weighted by Gasteiger charge is 2.38. The molecule has 1 aromatic carbocycles. The van der Waals surface area contributed by atoms with Gasteiger partial charge in [-0.05, 0) is 25.1 Å². The Morgan fingerprint density at radius 3 is 1.86 bits per heavy atom. The largest absolute Gasteiger partial charge is 0.490 e. The zero-order valence-electron chi connectivity index (χ0n) is 17.5. The number of carbonyl (C=O) groups excluding carboxylic acids is 1. The number of rotatable bonds is 3. The lowest BCUT2D eigenvalue weighted by Gasteiger charge is -2.08. The standard InChI is InChI=1S/C16H14N4O.2C2HF3O2/c1-11-6-7-12(10-19-11)20-16(21)14-5-3-2-4-13(14)15-17-8-9-18-15;2*3-2(4,5)1(6)7/h2-10H,1H3,(H,17,18)(H,20,21);2*(H,6,7). The van der Waals surface area contributed by atoms with E-state index >= 15 is 0 Å². The highest BCUT2D eigenvalue weighted by Crippen LogP contribution is 2.21. The van der Waals surface area contributed by atoms with E-state index < -0.39 is 24.3 Å². The van der Waals surface area contributed by atoms with Crippen LogP contribution >= 0.6 is 0 Å². The van der Waals surface area contributed by atoms with Crippen molar-refractivity contribution in [3.63, 3.8) is 0 Å². The number of anilines is 1. The molecule has 188 valence electrons. The second kappa shape index (κ2) is 12.2. The van der Waals surface area contributed by atoms with E-state index in [0.717, 1.165) is 11.3 Å². The molecule has 0 saturated carbocycles. The van der Waals surface area contributed by atoms with Crippen molar-refractivity contribution in [2.45, 2.75) is 19.3 Å². The molecule has 1 amide bonds. The number of aryl methyl sites for hydroxylation is 1. The molecule has 0 aliphatic carbocycles. The smallest absolute Gasteiger partial charge is 0.475 e. The summed E-state index contributed by atoms with van der Waals surface area (Å²) in [7, 11) is 0. The van der Waals surface area contributed by atoms with Crippen LogP contribution in [-0.4, -0.2) is 55.4 Å². The Bertz CT molecular complexity index is 1110. The van der Waals surface area contributed by atoms with Crippen molar-refractivity contribution < 1.29 is 50.9 Å². The van der Waals surface area contributed by atoms with Gasteiger partial charge in [0, 0.05) is 23.7 Å². The Kier molecular flexibility index (Phi) is 9.93. The number of hydrogen-bond donors (Lipinski definition) is 4. The van der Waals surface area contributed by atoms with Gasteiger partial charge in [-0.15, -0.1) is 0 Å². The van der Waals surface area contributed by atoms with Crippen LogP contribution in [0.4, 0.5) is 32.0 Å². The number of aliphatic carboxylic acids is 2. The van der Waals surface area contributed by atoms with Gasteiger partial charge >= 0.3 is 24.3 Å². The van der Waals surface area contributed by atoms with Gasteiger partial charge in [-0.3, -0.25) is 9.78 Å². The van der Waals surface area contributed by atoms with Crippen LogP contribution in [0, 0.1) is 6.92 Å². The maximum atomic E-state index is 12.4. The first kappa shape index (κ1) is 28.6. The molecule has 3 rings (SSSR count). The van der Waals surface area contributed by atoms with Crippen LogP contribution in [0.25, 0.3) is 11.4 Å². The Morgan fingerprint density at radius 2 is 1.43 bits per heavy atom. The molecule has 2 aromatic heterocycles. The van der Waals surface area contributed by atoms with Crippen LogP contribution in [0.2, 0.25) is 0 Å². The summed E-state index contributed by atoms with van der Waals surface area (Å²) in [4.78, 5) is 41.6. The number of nitrogens with zero attached hydrogens (tertiary/aromatic N) is 2. The number of amides is 1. The van der Waals surface area contributed by atoms with E-state index in [1.807, 2.05) is 37.3 Å². The van der Waals surface area contributed by atoms with E-state index in [4.69, 9.17) is 19.8 Å². The molecule has 0 radical (unpaired) electrons. The first-order chi connectivity index (χ1) is 16.1. The van der Waals surface area contributed by atoms with Crippen molar-refractivity contribution in [3.05, 3.63) is 66.2 Å². The van der Waals surface area contributed by atoms with Crippen LogP contribution in [0.5, 0.6) is 0 Å². The van der Waals surface area contributed by atoms with Gasteiger partial charge in [-0.1, -0.05) is 18.2 Å². The quantitative estimate of drug-likeness (QED) is 0.388. The molecule has 9 nitrogen and oxygen atoms in total. The second-order valence-electron chi connectivity index (χ2n) is 6.23. The fourth-order valence-corrected chi connectivity index (χ4v) is 2.04. The highest BCUT2D eigenvalue weighted by atomic mass is 19.4. The molecule has 35 heavy (non-hydrogen) atoms. The van der Waals surface area contributed by atoms with Gasteiger partial charge in [0.2, 0.25) is 0 Å². The number of H-pyrrole nitrogens is 1. The maximum absolute atomic E-state index is 12.4. The summed E-state index contributed by atoms with van der Waals surface area (Å²) in [6.45, 7) is 1.90. The third-order valence-corrected chi connectivity index (χ3v) is 3.58. The Hall–Kier alpha value is -4.43. The molecule has 2 heterocycles. The Balaban J connectivity index is 0.000000362. The third-order valence-electron chi connectivity index (χ3n) is 3.58. The number of imidazole rings is 1. The number of benzene rings is 1. The topological polar surface area (TPSA) is 145 Å². The number of aromatic amines is 1. The number of nitrogens with one attached hydrogen (secondary N) is 2. The van der Waals surface area contributed by atoms with Gasteiger partial charge in [0.1, 0.15) is 5.82 Å². The van der Waals surface area contributed by atoms with Crippen molar-refractivity contribution in [2.75, 3.05) is 5.32 Å². The average Bonchev–Trinajstić information content (AvgIpc) is 3.30. The number of hydrogen-bond acceptors (Lipinski definition) is 5. The van der Waals surface area contributed by atoms with Crippen LogP contribution in [0.1, 0.15) is 16.1 Å². The summed E-state index contributed by atoms with van der Waals surface area (Å²) < 4.78 is 63.5. The normalized spacial score (nSPS) is 10.7. The van der Waals surface area contributed by atoms with E-state index in [1.54, 1.807) is 24.7 Å². The molecule has 0 spiro atoms. The maximum Gasteiger partial charge on any atom is 0.490 e. The fourth-order valence-electron chi connectivity index (χ4n) is 2.04. The summed E-state index contributed by atoms with van der Waals surface area (Å²) in [6, 6.07) is 11.0. The minimum absolute atomic E-state index is 0.187. The summed E-state index contributed by atoms with van der Waals surface area (Å²) >= 11 is 0. The molecule has 0 saturated heterocycles. The molecule has 4 N–H and O–H groups in total. The van der Waals surface area contributed by atoms with Gasteiger partial charge in [-0.2, -0.15) is 26.3 Å². The number of halogens is 6. The number of carboxylic acid groups (broad SMARTS) is 2. The van der Waals surface area contributed by atoms with Crippen LogP contribution in [0.15, 0.2) is 55.0 Å². The number of pyridine rings is 1. The highest BCUT2D eigenvalue weighted by molar-refractivity contribution is 6.08.